The SMILES string of the molecule is CCN(CC)C(=O)C[C@H]1CCNC[C@@H]1Cc1cc(C(C)=O)on1. The van der Waals surface area contributed by atoms with Crippen molar-refractivity contribution in [3.8, 4) is 0 Å². The molecule has 1 aliphatic heterocycles. The van der Waals surface area contributed by atoms with E-state index in [1.807, 2.05) is 18.7 Å². The molecule has 2 atom stereocenters. The Labute approximate surface area is 137 Å². The predicted molar refractivity (Wildman–Crippen MR) is 87.2 cm³/mol. The highest BCUT2D eigenvalue weighted by atomic mass is 16.5. The van der Waals surface area contributed by atoms with Gasteiger partial charge in [-0.1, -0.05) is 5.16 Å². The summed E-state index contributed by atoms with van der Waals surface area (Å²) in [4.78, 5) is 25.6. The first-order valence-electron chi connectivity index (χ1n) is 8.50. The molecule has 0 radical (unpaired) electrons. The second-order valence-corrected chi connectivity index (χ2v) is 6.23. The van der Waals surface area contributed by atoms with Crippen molar-refractivity contribution in [1.29, 1.82) is 0 Å². The summed E-state index contributed by atoms with van der Waals surface area (Å²) in [6.45, 7) is 8.84. The average molecular weight is 321 g/mol. The summed E-state index contributed by atoms with van der Waals surface area (Å²) in [5, 5.41) is 7.39. The van der Waals surface area contributed by atoms with Gasteiger partial charge in [0.05, 0.1) is 5.69 Å². The number of hydrogen-bond acceptors (Lipinski definition) is 5. The molecule has 0 spiro atoms. The molecule has 1 amide bonds. The smallest absolute Gasteiger partial charge is 0.222 e. The number of rotatable bonds is 7. The molecule has 128 valence electrons. The zero-order valence-electron chi connectivity index (χ0n) is 14.3. The zero-order valence-corrected chi connectivity index (χ0v) is 14.3. The molecule has 2 heterocycles. The monoisotopic (exact) mass is 321 g/mol. The maximum atomic E-state index is 12.4. The Morgan fingerprint density at radius 1 is 1.35 bits per heavy atom. The summed E-state index contributed by atoms with van der Waals surface area (Å²) in [5.74, 6) is 1.12. The first-order chi connectivity index (χ1) is 11.0. The number of nitrogens with zero attached hydrogens (tertiary/aromatic N) is 2. The van der Waals surface area contributed by atoms with Crippen molar-refractivity contribution >= 4 is 11.7 Å². The van der Waals surface area contributed by atoms with Crippen LogP contribution >= 0.6 is 0 Å². The number of hydrogen-bond donors (Lipinski definition) is 1. The third-order valence-corrected chi connectivity index (χ3v) is 4.70. The lowest BCUT2D eigenvalue weighted by atomic mass is 9.81. The molecule has 0 saturated carbocycles. The Bertz CT molecular complexity index is 537. The maximum absolute atomic E-state index is 12.4. The Morgan fingerprint density at radius 2 is 2.09 bits per heavy atom. The number of piperidine rings is 1. The number of Topliss-reactive ketones (excluding diaryl/α,β-unsaturated/α-hetero) is 1. The van der Waals surface area contributed by atoms with Crippen LogP contribution in [0.5, 0.6) is 0 Å². The molecule has 1 aromatic heterocycles. The van der Waals surface area contributed by atoms with Crippen LogP contribution in [0.2, 0.25) is 0 Å². The van der Waals surface area contributed by atoms with E-state index < -0.39 is 0 Å². The van der Waals surface area contributed by atoms with E-state index in [2.05, 4.69) is 10.5 Å². The van der Waals surface area contributed by atoms with Crippen LogP contribution < -0.4 is 5.32 Å². The third kappa shape index (κ3) is 4.64. The lowest BCUT2D eigenvalue weighted by Crippen LogP contribution is -2.41. The van der Waals surface area contributed by atoms with E-state index in [4.69, 9.17) is 4.52 Å². The van der Waals surface area contributed by atoms with Crippen LogP contribution in [0, 0.1) is 11.8 Å². The molecule has 1 saturated heterocycles. The predicted octanol–water partition coefficient (Wildman–Crippen LogP) is 1.90. The van der Waals surface area contributed by atoms with E-state index >= 15 is 0 Å². The summed E-state index contributed by atoms with van der Waals surface area (Å²) < 4.78 is 5.06. The summed E-state index contributed by atoms with van der Waals surface area (Å²) in [5.41, 5.74) is 0.796. The van der Waals surface area contributed by atoms with Crippen LogP contribution in [0.1, 0.15) is 49.9 Å². The van der Waals surface area contributed by atoms with Crippen LogP contribution in [0.15, 0.2) is 10.6 Å². The van der Waals surface area contributed by atoms with Crippen molar-refractivity contribution in [1.82, 2.24) is 15.4 Å². The third-order valence-electron chi connectivity index (χ3n) is 4.70. The normalized spacial score (nSPS) is 21.2. The fourth-order valence-corrected chi connectivity index (χ4v) is 3.26. The molecule has 6 nitrogen and oxygen atoms in total. The average Bonchev–Trinajstić information content (AvgIpc) is 2.99. The highest BCUT2D eigenvalue weighted by Gasteiger charge is 2.29. The first kappa shape index (κ1) is 17.7. The van der Waals surface area contributed by atoms with Gasteiger partial charge in [0.15, 0.2) is 5.78 Å². The molecular formula is C17H27N3O3. The standard InChI is InChI=1S/C17H27N3O3/c1-4-20(5-2)17(22)9-13-6-7-18-11-14(13)8-15-10-16(12(3)21)23-19-15/h10,13-14,18H,4-9,11H2,1-3H3/t13-,14+/m1/s1. The second kappa shape index (κ2) is 8.24. The van der Waals surface area contributed by atoms with Gasteiger partial charge in [0.25, 0.3) is 0 Å². The van der Waals surface area contributed by atoms with Gasteiger partial charge in [0.1, 0.15) is 0 Å². The van der Waals surface area contributed by atoms with Crippen molar-refractivity contribution in [3.05, 3.63) is 17.5 Å². The van der Waals surface area contributed by atoms with Gasteiger partial charge in [-0.2, -0.15) is 0 Å². The topological polar surface area (TPSA) is 75.4 Å². The summed E-state index contributed by atoms with van der Waals surface area (Å²) in [7, 11) is 0. The van der Waals surface area contributed by atoms with Gasteiger partial charge in [-0.3, -0.25) is 9.59 Å². The van der Waals surface area contributed by atoms with Gasteiger partial charge in [-0.25, -0.2) is 0 Å². The van der Waals surface area contributed by atoms with Crippen molar-refractivity contribution in [2.45, 2.75) is 40.0 Å². The van der Waals surface area contributed by atoms with Crippen molar-refractivity contribution in [2.24, 2.45) is 11.8 Å². The minimum Gasteiger partial charge on any atom is -0.353 e. The van der Waals surface area contributed by atoms with Crippen LogP contribution in [-0.4, -0.2) is 47.9 Å². The van der Waals surface area contributed by atoms with Gasteiger partial charge in [-0.15, -0.1) is 0 Å². The van der Waals surface area contributed by atoms with E-state index in [1.165, 1.54) is 6.92 Å². The molecule has 1 fully saturated rings. The number of nitrogens with one attached hydrogen (secondary N) is 1. The lowest BCUT2D eigenvalue weighted by molar-refractivity contribution is -0.132. The molecule has 0 aliphatic carbocycles. The summed E-state index contributed by atoms with van der Waals surface area (Å²) >= 11 is 0. The molecule has 23 heavy (non-hydrogen) atoms. The van der Waals surface area contributed by atoms with E-state index in [0.717, 1.165) is 44.7 Å². The molecule has 1 N–H and O–H groups in total. The summed E-state index contributed by atoms with van der Waals surface area (Å²) in [6.07, 6.45) is 2.32. The number of amides is 1. The van der Waals surface area contributed by atoms with Gasteiger partial charge >= 0.3 is 0 Å². The first-order valence-corrected chi connectivity index (χ1v) is 8.50. The van der Waals surface area contributed by atoms with Crippen LogP contribution in [-0.2, 0) is 11.2 Å². The fraction of sp³-hybridized carbons (Fsp3) is 0.706. The Balaban J connectivity index is 2.00. The molecule has 1 aliphatic rings. The second-order valence-electron chi connectivity index (χ2n) is 6.23. The van der Waals surface area contributed by atoms with Gasteiger partial charge in [-0.05, 0) is 51.6 Å². The largest absolute Gasteiger partial charge is 0.353 e. The molecule has 0 unspecified atom stereocenters. The molecule has 1 aromatic rings. The van der Waals surface area contributed by atoms with Gasteiger partial charge in [0.2, 0.25) is 11.7 Å². The quantitative estimate of drug-likeness (QED) is 0.776. The van der Waals surface area contributed by atoms with E-state index in [0.29, 0.717) is 24.0 Å². The minimum atomic E-state index is -0.112. The van der Waals surface area contributed by atoms with Crippen molar-refractivity contribution in [2.75, 3.05) is 26.2 Å². The Morgan fingerprint density at radius 3 is 2.70 bits per heavy atom. The highest BCUT2D eigenvalue weighted by Crippen LogP contribution is 2.27. The minimum absolute atomic E-state index is 0.112. The highest BCUT2D eigenvalue weighted by molar-refractivity contribution is 5.91. The van der Waals surface area contributed by atoms with Crippen molar-refractivity contribution < 1.29 is 14.1 Å². The maximum Gasteiger partial charge on any atom is 0.222 e. The number of ketones is 1. The molecular weight excluding hydrogens is 294 g/mol. The van der Waals surface area contributed by atoms with E-state index in [1.54, 1.807) is 6.07 Å². The lowest BCUT2D eigenvalue weighted by Gasteiger charge is -2.32. The van der Waals surface area contributed by atoms with Crippen LogP contribution in [0.4, 0.5) is 0 Å². The fourth-order valence-electron chi connectivity index (χ4n) is 3.26. The van der Waals surface area contributed by atoms with Gasteiger partial charge < -0.3 is 14.7 Å². The zero-order chi connectivity index (χ0) is 16.8. The Hall–Kier alpha value is -1.69. The molecule has 2 rings (SSSR count). The number of aromatic nitrogens is 1. The van der Waals surface area contributed by atoms with Crippen LogP contribution in [0.25, 0.3) is 0 Å². The number of carbonyl (C=O) groups excluding carboxylic acids is 2. The van der Waals surface area contributed by atoms with E-state index in [9.17, 15) is 9.59 Å². The van der Waals surface area contributed by atoms with Gasteiger partial charge in [0, 0.05) is 32.5 Å². The molecule has 6 heteroatoms. The molecule has 0 aromatic carbocycles. The number of carbonyl (C=O) groups is 2. The van der Waals surface area contributed by atoms with Crippen molar-refractivity contribution in [3.63, 3.8) is 0 Å². The van der Waals surface area contributed by atoms with E-state index in [-0.39, 0.29) is 11.7 Å². The Kier molecular flexibility index (Phi) is 6.33. The summed E-state index contributed by atoms with van der Waals surface area (Å²) in [6, 6.07) is 1.72. The van der Waals surface area contributed by atoms with Crippen LogP contribution in [0.3, 0.4) is 0 Å². The molecule has 0 bridgehead atoms.